The number of benzene rings is 1. The van der Waals surface area contributed by atoms with Gasteiger partial charge >= 0.3 is 0 Å². The molecule has 0 fully saturated rings. The number of nitrogens with zero attached hydrogens (tertiary/aromatic N) is 2. The molecule has 30 heavy (non-hydrogen) atoms. The van der Waals surface area contributed by atoms with Crippen molar-refractivity contribution in [3.63, 3.8) is 0 Å². The minimum atomic E-state index is -0.187. The Balaban J connectivity index is 1.93. The predicted molar refractivity (Wildman–Crippen MR) is 117 cm³/mol. The van der Waals surface area contributed by atoms with Crippen LogP contribution in [0.2, 0.25) is 0 Å². The molecule has 0 spiro atoms. The first-order valence-electron chi connectivity index (χ1n) is 10.3. The van der Waals surface area contributed by atoms with E-state index in [9.17, 15) is 9.59 Å². The van der Waals surface area contributed by atoms with Crippen LogP contribution in [0.3, 0.4) is 0 Å². The van der Waals surface area contributed by atoms with E-state index in [2.05, 4.69) is 0 Å². The fraction of sp³-hybridized carbons (Fsp3) is 0.333. The monoisotopic (exact) mass is 408 g/mol. The molecular formula is C24H28N2O4. The maximum absolute atomic E-state index is 13.0. The fourth-order valence-electron chi connectivity index (χ4n) is 3.32. The highest BCUT2D eigenvalue weighted by Gasteiger charge is 2.27. The summed E-state index contributed by atoms with van der Waals surface area (Å²) >= 11 is 0. The molecule has 1 aromatic carbocycles. The lowest BCUT2D eigenvalue weighted by atomic mass is 10.1. The van der Waals surface area contributed by atoms with E-state index in [0.717, 1.165) is 24.2 Å². The molecule has 0 radical (unpaired) electrons. The first kappa shape index (κ1) is 21.4. The van der Waals surface area contributed by atoms with E-state index in [1.165, 1.54) is 12.5 Å². The van der Waals surface area contributed by atoms with E-state index in [0.29, 0.717) is 11.5 Å². The quantitative estimate of drug-likeness (QED) is 0.475. The van der Waals surface area contributed by atoms with Crippen molar-refractivity contribution >= 4 is 23.2 Å². The normalized spacial score (nSPS) is 12.9. The van der Waals surface area contributed by atoms with E-state index in [1.54, 1.807) is 34.1 Å². The number of furan rings is 2. The molecule has 0 unspecified atom stereocenters. The van der Waals surface area contributed by atoms with Gasteiger partial charge in [-0.25, -0.2) is 0 Å². The van der Waals surface area contributed by atoms with Crippen LogP contribution >= 0.6 is 0 Å². The molecule has 3 rings (SSSR count). The van der Waals surface area contributed by atoms with Crippen LogP contribution in [-0.2, 0) is 0 Å². The van der Waals surface area contributed by atoms with Gasteiger partial charge in [0.15, 0.2) is 11.5 Å². The fourth-order valence-corrected chi connectivity index (χ4v) is 3.32. The molecular weight excluding hydrogens is 380 g/mol. The lowest BCUT2D eigenvalue weighted by molar-refractivity contribution is 0.0943. The first-order valence-corrected chi connectivity index (χ1v) is 10.3. The molecule has 0 saturated carbocycles. The molecule has 3 aromatic rings. The molecule has 0 aliphatic heterocycles. The van der Waals surface area contributed by atoms with Crippen LogP contribution in [0.5, 0.6) is 0 Å². The average Bonchev–Trinajstić information content (AvgIpc) is 3.48. The van der Waals surface area contributed by atoms with Crippen molar-refractivity contribution < 1.29 is 18.4 Å². The Bertz CT molecular complexity index is 867. The predicted octanol–water partition coefficient (Wildman–Crippen LogP) is 5.76. The summed E-state index contributed by atoms with van der Waals surface area (Å²) in [6.45, 7) is 8.07. The van der Waals surface area contributed by atoms with Crippen LogP contribution in [0.15, 0.2) is 69.9 Å². The summed E-state index contributed by atoms with van der Waals surface area (Å²) in [4.78, 5) is 29.5. The van der Waals surface area contributed by atoms with Gasteiger partial charge in [-0.15, -0.1) is 0 Å². The van der Waals surface area contributed by atoms with Gasteiger partial charge in [-0.1, -0.05) is 13.8 Å². The molecule has 0 saturated heterocycles. The molecule has 0 N–H and O–H groups in total. The second-order valence-electron chi connectivity index (χ2n) is 7.34. The van der Waals surface area contributed by atoms with Crippen LogP contribution in [0.1, 0.15) is 61.6 Å². The topological polar surface area (TPSA) is 66.9 Å². The average molecular weight is 408 g/mol. The standard InChI is InChI=1S/C24H28N2O4/c1-5-17(3)25(23(27)21-9-7-15-29-21)19-11-13-20(14-12-19)26(18(4)6-2)24(28)22-10-8-16-30-22/h7-18H,5-6H2,1-4H3/t17-,18-/m1/s1. The van der Waals surface area contributed by atoms with Crippen LogP contribution in [0.25, 0.3) is 0 Å². The number of anilines is 2. The van der Waals surface area contributed by atoms with Crippen molar-refractivity contribution in [3.8, 4) is 0 Å². The Kier molecular flexibility index (Phi) is 6.77. The molecule has 0 aliphatic carbocycles. The lowest BCUT2D eigenvalue weighted by Gasteiger charge is -2.30. The lowest BCUT2D eigenvalue weighted by Crippen LogP contribution is -2.39. The highest BCUT2D eigenvalue weighted by molar-refractivity contribution is 6.06. The summed E-state index contributed by atoms with van der Waals surface area (Å²) in [6, 6.07) is 14.2. The van der Waals surface area contributed by atoms with Crippen LogP contribution in [-0.4, -0.2) is 23.9 Å². The van der Waals surface area contributed by atoms with E-state index in [4.69, 9.17) is 8.83 Å². The smallest absolute Gasteiger partial charge is 0.294 e. The van der Waals surface area contributed by atoms with Crippen LogP contribution < -0.4 is 9.80 Å². The largest absolute Gasteiger partial charge is 0.459 e. The van der Waals surface area contributed by atoms with Crippen molar-refractivity contribution in [1.82, 2.24) is 0 Å². The number of carbonyl (C=O) groups excluding carboxylic acids is 2. The molecule has 2 heterocycles. The molecule has 2 amide bonds. The molecule has 0 aliphatic rings. The summed E-state index contributed by atoms with van der Waals surface area (Å²) in [6.07, 6.45) is 4.58. The summed E-state index contributed by atoms with van der Waals surface area (Å²) in [5, 5.41) is 0. The number of rotatable bonds is 8. The Hall–Kier alpha value is -3.28. The van der Waals surface area contributed by atoms with E-state index >= 15 is 0 Å². The molecule has 6 nitrogen and oxygen atoms in total. The highest BCUT2D eigenvalue weighted by atomic mass is 16.3. The SMILES string of the molecule is CC[C@@H](C)N(C(=O)c1ccco1)c1ccc(N(C(=O)c2ccco2)[C@H](C)CC)cc1. The van der Waals surface area contributed by atoms with Gasteiger partial charge in [0.2, 0.25) is 0 Å². The maximum Gasteiger partial charge on any atom is 0.294 e. The zero-order valence-electron chi connectivity index (χ0n) is 17.9. The Morgan fingerprint density at radius 1 is 0.733 bits per heavy atom. The van der Waals surface area contributed by atoms with Gasteiger partial charge in [0.05, 0.1) is 12.5 Å². The second kappa shape index (κ2) is 9.48. The Morgan fingerprint density at radius 3 is 1.37 bits per heavy atom. The number of amides is 2. The molecule has 0 bridgehead atoms. The second-order valence-corrected chi connectivity index (χ2v) is 7.34. The van der Waals surface area contributed by atoms with Gasteiger partial charge in [-0.3, -0.25) is 9.59 Å². The Labute approximate surface area is 177 Å². The first-order chi connectivity index (χ1) is 14.5. The zero-order chi connectivity index (χ0) is 21.7. The third-order valence-electron chi connectivity index (χ3n) is 5.37. The van der Waals surface area contributed by atoms with E-state index in [-0.39, 0.29) is 23.9 Å². The Morgan fingerprint density at radius 2 is 1.10 bits per heavy atom. The van der Waals surface area contributed by atoms with Crippen molar-refractivity contribution in [2.75, 3.05) is 9.80 Å². The van der Waals surface area contributed by atoms with Crippen molar-refractivity contribution in [2.45, 2.75) is 52.6 Å². The molecule has 2 atom stereocenters. The van der Waals surface area contributed by atoms with E-state index in [1.807, 2.05) is 52.0 Å². The molecule has 6 heteroatoms. The third kappa shape index (κ3) is 4.32. The van der Waals surface area contributed by atoms with Gasteiger partial charge < -0.3 is 18.6 Å². The number of carbonyl (C=O) groups is 2. The van der Waals surface area contributed by atoms with Gasteiger partial charge in [-0.2, -0.15) is 0 Å². The van der Waals surface area contributed by atoms with Crippen LogP contribution in [0, 0.1) is 0 Å². The molecule has 2 aromatic heterocycles. The third-order valence-corrected chi connectivity index (χ3v) is 5.37. The van der Waals surface area contributed by atoms with Crippen LogP contribution in [0.4, 0.5) is 11.4 Å². The minimum absolute atomic E-state index is 0.0103. The zero-order valence-corrected chi connectivity index (χ0v) is 17.9. The number of hydrogen-bond acceptors (Lipinski definition) is 4. The van der Waals surface area contributed by atoms with Gasteiger partial charge in [-0.05, 0) is 75.2 Å². The summed E-state index contributed by atoms with van der Waals surface area (Å²) in [7, 11) is 0. The number of hydrogen-bond donors (Lipinski definition) is 0. The van der Waals surface area contributed by atoms with Crippen molar-refractivity contribution in [3.05, 3.63) is 72.6 Å². The summed E-state index contributed by atoms with van der Waals surface area (Å²) in [5.41, 5.74) is 1.51. The minimum Gasteiger partial charge on any atom is -0.459 e. The molecule has 158 valence electrons. The highest BCUT2D eigenvalue weighted by Crippen LogP contribution is 2.28. The summed E-state index contributed by atoms with van der Waals surface area (Å²) in [5.74, 6) is 0.224. The van der Waals surface area contributed by atoms with Crippen molar-refractivity contribution in [2.24, 2.45) is 0 Å². The van der Waals surface area contributed by atoms with Crippen molar-refractivity contribution in [1.29, 1.82) is 0 Å². The van der Waals surface area contributed by atoms with E-state index < -0.39 is 0 Å². The van der Waals surface area contributed by atoms with Gasteiger partial charge in [0.1, 0.15) is 0 Å². The van der Waals surface area contributed by atoms with Gasteiger partial charge in [0, 0.05) is 23.5 Å². The maximum atomic E-state index is 13.0. The summed E-state index contributed by atoms with van der Waals surface area (Å²) < 4.78 is 10.6. The van der Waals surface area contributed by atoms with Gasteiger partial charge in [0.25, 0.3) is 11.8 Å².